The summed E-state index contributed by atoms with van der Waals surface area (Å²) in [5, 5.41) is 3.37. The molecule has 325 valence electrons. The first kappa shape index (κ1) is 44.1. The Balaban J connectivity index is 0.000000257. The fourth-order valence-corrected chi connectivity index (χ4v) is 9.55. The van der Waals surface area contributed by atoms with Gasteiger partial charge in [-0.05, 0) is 47.1 Å². The van der Waals surface area contributed by atoms with Crippen molar-refractivity contribution >= 4 is 46.4 Å². The van der Waals surface area contributed by atoms with E-state index in [1.165, 1.54) is 10.8 Å². The smallest absolute Gasteiger partial charge is 0.216 e. The van der Waals surface area contributed by atoms with Crippen molar-refractivity contribution in [1.82, 2.24) is 24.5 Å². The number of para-hydroxylation sites is 1. The molecule has 0 spiro atoms. The van der Waals surface area contributed by atoms with Crippen LogP contribution in [0.4, 0.5) is 0 Å². The standard InChI is InChI=1S/C43H29N4O.C15H18NSi.Ir/c1-27-21-22-35(41-38(27)34-23-24-36(46-43(34)48-41)31-17-10-5-11-18-31)42-45-37-25-26-44-28(2)39(37)47(42)40-32(29-13-6-3-7-14-29)19-12-20-33(40)30-15-8-4-9-16-30;1-12-5-7-13(8-6-12)15-10-9-14(11-16-15)17(2,3)4;/h3-21,23-26H,1-2H3;5-7,9-11H,1-4H3;/q2*-1;. The zero-order chi connectivity index (χ0) is 44.7. The van der Waals surface area contributed by atoms with Gasteiger partial charge in [0.05, 0.1) is 47.6 Å². The molecule has 0 N–H and O–H groups in total. The van der Waals surface area contributed by atoms with Gasteiger partial charge in [-0.3, -0.25) is 9.97 Å². The molecule has 0 aliphatic carbocycles. The van der Waals surface area contributed by atoms with Crippen molar-refractivity contribution in [2.75, 3.05) is 0 Å². The Hall–Kier alpha value is -7.09. The summed E-state index contributed by atoms with van der Waals surface area (Å²) in [7, 11) is -1.24. The second-order valence-electron chi connectivity index (χ2n) is 17.5. The number of furan rings is 1. The van der Waals surface area contributed by atoms with Crippen molar-refractivity contribution in [3.05, 3.63) is 205 Å². The zero-order valence-electron chi connectivity index (χ0n) is 37.7. The molecule has 0 unspecified atom stereocenters. The summed E-state index contributed by atoms with van der Waals surface area (Å²) < 4.78 is 8.98. The van der Waals surface area contributed by atoms with Crippen LogP contribution in [0, 0.1) is 32.9 Å². The van der Waals surface area contributed by atoms with E-state index in [-0.39, 0.29) is 20.1 Å². The number of nitrogens with zero attached hydrogens (tertiary/aromatic N) is 5. The van der Waals surface area contributed by atoms with Gasteiger partial charge in [-0.1, -0.05) is 166 Å². The first-order valence-electron chi connectivity index (χ1n) is 22.0. The minimum absolute atomic E-state index is 0. The van der Waals surface area contributed by atoms with Gasteiger partial charge in [-0.15, -0.1) is 53.1 Å². The molecule has 0 atom stereocenters. The van der Waals surface area contributed by atoms with Crippen LogP contribution in [0.15, 0.2) is 181 Å². The molecule has 66 heavy (non-hydrogen) atoms. The Bertz CT molecular complexity index is 3410. The number of fused-ring (bicyclic) bond motifs is 4. The summed E-state index contributed by atoms with van der Waals surface area (Å²) in [6.07, 6.45) is 3.85. The van der Waals surface area contributed by atoms with E-state index in [1.54, 1.807) is 0 Å². The Morgan fingerprint density at radius 3 is 1.85 bits per heavy atom. The Morgan fingerprint density at radius 1 is 0.591 bits per heavy atom. The summed E-state index contributed by atoms with van der Waals surface area (Å²) in [4.78, 5) is 19.6. The second-order valence-corrected chi connectivity index (χ2v) is 22.6. The molecular formula is C58H47IrN5OSi-2. The summed E-state index contributed by atoms with van der Waals surface area (Å²) in [6, 6.07) is 63.3. The van der Waals surface area contributed by atoms with Gasteiger partial charge >= 0.3 is 0 Å². The van der Waals surface area contributed by atoms with Gasteiger partial charge < -0.3 is 14.0 Å². The average molecular weight is 1050 g/mol. The van der Waals surface area contributed by atoms with Crippen molar-refractivity contribution in [3.8, 4) is 61.8 Å². The Labute approximate surface area is 400 Å². The summed E-state index contributed by atoms with van der Waals surface area (Å²) in [6.45, 7) is 13.2. The predicted octanol–water partition coefficient (Wildman–Crippen LogP) is 14.2. The molecule has 11 aromatic rings. The third kappa shape index (κ3) is 8.47. The predicted molar refractivity (Wildman–Crippen MR) is 270 cm³/mol. The van der Waals surface area contributed by atoms with E-state index in [1.807, 2.05) is 67.8 Å². The quantitative estimate of drug-likeness (QED) is 0.117. The van der Waals surface area contributed by atoms with Crippen molar-refractivity contribution in [3.63, 3.8) is 0 Å². The first-order valence-corrected chi connectivity index (χ1v) is 25.5. The molecule has 0 amide bonds. The van der Waals surface area contributed by atoms with Crippen LogP contribution >= 0.6 is 0 Å². The zero-order valence-corrected chi connectivity index (χ0v) is 41.1. The number of rotatable bonds is 7. The number of benzene rings is 6. The van der Waals surface area contributed by atoms with Crippen LogP contribution in [0.3, 0.4) is 0 Å². The van der Waals surface area contributed by atoms with E-state index in [0.29, 0.717) is 11.3 Å². The topological polar surface area (TPSA) is 69.6 Å². The summed E-state index contributed by atoms with van der Waals surface area (Å²) >= 11 is 0. The Morgan fingerprint density at radius 2 is 1.24 bits per heavy atom. The third-order valence-corrected chi connectivity index (χ3v) is 14.0. The van der Waals surface area contributed by atoms with Gasteiger partial charge in [0.1, 0.15) is 0 Å². The van der Waals surface area contributed by atoms with Gasteiger partial charge in [0.2, 0.25) is 5.71 Å². The molecule has 8 heteroatoms. The van der Waals surface area contributed by atoms with Gasteiger partial charge in [0.15, 0.2) is 0 Å². The number of aryl methyl sites for hydroxylation is 3. The molecule has 6 nitrogen and oxygen atoms in total. The van der Waals surface area contributed by atoms with Gasteiger partial charge in [-0.25, -0.2) is 4.98 Å². The SMILES string of the molecule is Cc1c[c-]c(-c2ccc([Si](C)(C)C)cn2)cc1.Cc1c[c-]c(-c2nc3ccnc(C)c3n2-c2c(-c3ccccc3)cccc2-c2ccccc2)c2oc3nc(-c4ccccc4)ccc3c12.[Ir]. The number of imidazole rings is 1. The molecule has 5 aromatic heterocycles. The van der Waals surface area contributed by atoms with Crippen LogP contribution < -0.4 is 5.19 Å². The maximum Gasteiger partial charge on any atom is 0.216 e. The molecule has 0 saturated carbocycles. The molecule has 0 aliphatic heterocycles. The van der Waals surface area contributed by atoms with E-state index < -0.39 is 8.07 Å². The normalized spacial score (nSPS) is 11.4. The van der Waals surface area contributed by atoms with Crippen LogP contribution in [0.25, 0.3) is 94.9 Å². The minimum Gasteiger partial charge on any atom is -0.486 e. The minimum atomic E-state index is -1.24. The van der Waals surface area contributed by atoms with Crippen LogP contribution in [-0.2, 0) is 20.1 Å². The van der Waals surface area contributed by atoms with Crippen molar-refractivity contribution in [2.45, 2.75) is 40.4 Å². The number of hydrogen-bond acceptors (Lipinski definition) is 5. The van der Waals surface area contributed by atoms with Crippen molar-refractivity contribution in [1.29, 1.82) is 0 Å². The van der Waals surface area contributed by atoms with Crippen LogP contribution in [0.1, 0.15) is 16.8 Å². The summed E-state index contributed by atoms with van der Waals surface area (Å²) in [5.41, 5.74) is 16.4. The molecular weight excluding hydrogens is 1000 g/mol. The molecule has 0 bridgehead atoms. The van der Waals surface area contributed by atoms with E-state index in [0.717, 1.165) is 94.9 Å². The molecule has 6 aromatic carbocycles. The second kappa shape index (κ2) is 18.4. The molecule has 1 radical (unpaired) electrons. The maximum atomic E-state index is 6.72. The van der Waals surface area contributed by atoms with Gasteiger partial charge in [-0.2, -0.15) is 0 Å². The van der Waals surface area contributed by atoms with Crippen LogP contribution in [-0.4, -0.2) is 32.6 Å². The Kier molecular flexibility index (Phi) is 12.3. The van der Waals surface area contributed by atoms with E-state index in [9.17, 15) is 0 Å². The van der Waals surface area contributed by atoms with Crippen molar-refractivity contribution in [2.24, 2.45) is 0 Å². The monoisotopic (exact) mass is 1050 g/mol. The van der Waals surface area contributed by atoms with E-state index in [2.05, 4.69) is 170 Å². The summed E-state index contributed by atoms with van der Waals surface area (Å²) in [5.74, 6) is 0.731. The fraction of sp³-hybridized carbons (Fsp3) is 0.103. The molecule has 0 aliphatic rings. The maximum absolute atomic E-state index is 6.72. The largest absolute Gasteiger partial charge is 0.486 e. The van der Waals surface area contributed by atoms with Crippen molar-refractivity contribution < 1.29 is 24.5 Å². The van der Waals surface area contributed by atoms with Crippen LogP contribution in [0.2, 0.25) is 19.6 Å². The molecule has 5 heterocycles. The molecule has 0 fully saturated rings. The molecule has 11 rings (SSSR count). The fourth-order valence-electron chi connectivity index (χ4n) is 8.51. The first-order chi connectivity index (χ1) is 31.6. The van der Waals surface area contributed by atoms with E-state index in [4.69, 9.17) is 19.4 Å². The number of aromatic nitrogens is 5. The number of hydrogen-bond donors (Lipinski definition) is 0. The third-order valence-electron chi connectivity index (χ3n) is 12.0. The van der Waals surface area contributed by atoms with Gasteiger partial charge in [0.25, 0.3) is 0 Å². The average Bonchev–Trinajstić information content (AvgIpc) is 3.93. The van der Waals surface area contributed by atoms with Crippen LogP contribution in [0.5, 0.6) is 0 Å². The number of pyridine rings is 3. The molecule has 0 saturated heterocycles. The van der Waals surface area contributed by atoms with Gasteiger partial charge in [0, 0.05) is 54.6 Å². The van der Waals surface area contributed by atoms with E-state index >= 15 is 0 Å².